The van der Waals surface area contributed by atoms with Crippen molar-refractivity contribution in [3.05, 3.63) is 0 Å². The van der Waals surface area contributed by atoms with Crippen LogP contribution in [-0.2, 0) is 9.53 Å². The number of esters is 1. The lowest BCUT2D eigenvalue weighted by Crippen LogP contribution is -2.60. The molecule has 1 N–H and O–H groups in total. The lowest BCUT2D eigenvalue weighted by atomic mass is 10.1. The summed E-state index contributed by atoms with van der Waals surface area (Å²) in [4.78, 5) is 27.5. The number of urea groups is 1. The molecule has 1 aliphatic carbocycles. The highest BCUT2D eigenvalue weighted by atomic mass is 16.5. The zero-order chi connectivity index (χ0) is 13.6. The number of fused-ring (bicyclic) bond motifs is 1. The summed E-state index contributed by atoms with van der Waals surface area (Å²) < 4.78 is 4.74. The summed E-state index contributed by atoms with van der Waals surface area (Å²) in [6.07, 6.45) is 2.36. The minimum Gasteiger partial charge on any atom is -0.468 e. The Hall–Kier alpha value is -1.34. The number of piperazine rings is 1. The highest BCUT2D eigenvalue weighted by Gasteiger charge is 2.50. The van der Waals surface area contributed by atoms with Crippen LogP contribution in [0.4, 0.5) is 4.79 Å². The summed E-state index contributed by atoms with van der Waals surface area (Å²) in [6, 6.07) is -1.09. The molecule has 106 valence electrons. The van der Waals surface area contributed by atoms with E-state index in [2.05, 4.69) is 0 Å². The van der Waals surface area contributed by atoms with E-state index < -0.39 is 12.0 Å². The van der Waals surface area contributed by atoms with Crippen LogP contribution >= 0.6 is 0 Å². The largest absolute Gasteiger partial charge is 0.468 e. The molecule has 1 saturated carbocycles. The van der Waals surface area contributed by atoms with E-state index in [0.29, 0.717) is 19.0 Å². The van der Waals surface area contributed by atoms with E-state index in [4.69, 9.17) is 4.74 Å². The molecule has 7 nitrogen and oxygen atoms in total. The van der Waals surface area contributed by atoms with Gasteiger partial charge in [0.05, 0.1) is 13.2 Å². The smallest absolute Gasteiger partial charge is 0.327 e. The molecular formula is C12H19N3O4. The van der Waals surface area contributed by atoms with Crippen LogP contribution in [0.1, 0.15) is 12.8 Å². The molecule has 3 aliphatic rings. The van der Waals surface area contributed by atoms with Gasteiger partial charge >= 0.3 is 12.0 Å². The van der Waals surface area contributed by atoms with Gasteiger partial charge in [0.25, 0.3) is 0 Å². The third-order valence-electron chi connectivity index (χ3n) is 4.20. The van der Waals surface area contributed by atoms with Crippen LogP contribution < -0.4 is 0 Å². The molecule has 3 rings (SSSR count). The van der Waals surface area contributed by atoms with Gasteiger partial charge in [-0.25, -0.2) is 4.79 Å². The number of amides is 2. The molecule has 2 heterocycles. The molecule has 0 spiro atoms. The molecule has 7 heteroatoms. The molecule has 2 atom stereocenters. The Kier molecular flexibility index (Phi) is 3.10. The number of methoxy groups -OCH3 is 1. The standard InChI is InChI=1S/C12H19N3O4/c1-19-11(16)10-9-7-13(6-8-2-3-8)12(17)14(9)4-5-15(10)18/h8-10,18H,2-7H2,1H3/t9-,10+/m0/s1. The van der Waals surface area contributed by atoms with Gasteiger partial charge in [-0.15, -0.1) is 0 Å². The van der Waals surface area contributed by atoms with E-state index in [1.54, 1.807) is 9.80 Å². The first-order valence-electron chi connectivity index (χ1n) is 6.70. The quantitative estimate of drug-likeness (QED) is 0.715. The van der Waals surface area contributed by atoms with Gasteiger partial charge in [0.2, 0.25) is 0 Å². The topological polar surface area (TPSA) is 73.3 Å². The monoisotopic (exact) mass is 269 g/mol. The van der Waals surface area contributed by atoms with Crippen LogP contribution in [0.15, 0.2) is 0 Å². The summed E-state index contributed by atoms with van der Waals surface area (Å²) in [5, 5.41) is 10.9. The van der Waals surface area contributed by atoms with Gasteiger partial charge in [0.1, 0.15) is 0 Å². The molecule has 2 amide bonds. The fourth-order valence-electron chi connectivity index (χ4n) is 2.97. The van der Waals surface area contributed by atoms with E-state index in [0.717, 1.165) is 11.6 Å². The van der Waals surface area contributed by atoms with Gasteiger partial charge in [-0.2, -0.15) is 5.06 Å². The molecule has 2 aliphatic heterocycles. The molecule has 0 bridgehead atoms. The van der Waals surface area contributed by atoms with Crippen molar-refractivity contribution in [2.75, 3.05) is 33.3 Å². The second-order valence-corrected chi connectivity index (χ2v) is 5.52. The molecule has 19 heavy (non-hydrogen) atoms. The van der Waals surface area contributed by atoms with Crippen LogP contribution in [0.5, 0.6) is 0 Å². The van der Waals surface area contributed by atoms with Gasteiger partial charge in [0.15, 0.2) is 6.04 Å². The maximum absolute atomic E-state index is 12.3. The highest BCUT2D eigenvalue weighted by molar-refractivity contribution is 5.82. The van der Waals surface area contributed by atoms with Crippen molar-refractivity contribution < 1.29 is 19.5 Å². The van der Waals surface area contributed by atoms with Gasteiger partial charge in [-0.1, -0.05) is 0 Å². The van der Waals surface area contributed by atoms with Crippen LogP contribution in [0, 0.1) is 5.92 Å². The average molecular weight is 269 g/mol. The SMILES string of the molecule is COC(=O)[C@H]1[C@@H]2CN(CC3CC3)C(=O)N2CCN1O. The molecule has 0 aromatic carbocycles. The second-order valence-electron chi connectivity index (χ2n) is 5.52. The normalized spacial score (nSPS) is 31.6. The van der Waals surface area contributed by atoms with Crippen molar-refractivity contribution in [2.45, 2.75) is 24.9 Å². The van der Waals surface area contributed by atoms with E-state index in [1.807, 2.05) is 0 Å². The van der Waals surface area contributed by atoms with E-state index in [1.165, 1.54) is 20.0 Å². The summed E-state index contributed by atoms with van der Waals surface area (Å²) in [5.74, 6) is 0.130. The van der Waals surface area contributed by atoms with E-state index in [9.17, 15) is 14.8 Å². The third kappa shape index (κ3) is 2.17. The number of hydrogen-bond acceptors (Lipinski definition) is 5. The number of hydroxylamine groups is 2. The van der Waals surface area contributed by atoms with Gasteiger partial charge in [-0.05, 0) is 18.8 Å². The van der Waals surface area contributed by atoms with Crippen LogP contribution in [-0.4, -0.2) is 77.4 Å². The Morgan fingerprint density at radius 3 is 2.79 bits per heavy atom. The van der Waals surface area contributed by atoms with Gasteiger partial charge < -0.3 is 19.7 Å². The molecule has 0 aromatic heterocycles. The van der Waals surface area contributed by atoms with Gasteiger partial charge in [0, 0.05) is 26.2 Å². The number of carbonyl (C=O) groups excluding carboxylic acids is 2. The number of rotatable bonds is 3. The Balaban J connectivity index is 1.76. The summed E-state index contributed by atoms with van der Waals surface area (Å²) in [7, 11) is 1.30. The van der Waals surface area contributed by atoms with E-state index >= 15 is 0 Å². The van der Waals surface area contributed by atoms with Gasteiger partial charge in [-0.3, -0.25) is 4.79 Å². The third-order valence-corrected chi connectivity index (χ3v) is 4.20. The fourth-order valence-corrected chi connectivity index (χ4v) is 2.97. The van der Waals surface area contributed by atoms with Crippen molar-refractivity contribution in [2.24, 2.45) is 5.92 Å². The van der Waals surface area contributed by atoms with E-state index in [-0.39, 0.29) is 18.6 Å². The maximum atomic E-state index is 12.3. The number of carbonyl (C=O) groups is 2. The van der Waals surface area contributed by atoms with Crippen LogP contribution in [0.3, 0.4) is 0 Å². The molecular weight excluding hydrogens is 250 g/mol. The minimum atomic E-state index is -0.771. The Labute approximate surface area is 111 Å². The first-order valence-corrected chi connectivity index (χ1v) is 6.70. The van der Waals surface area contributed by atoms with Crippen molar-refractivity contribution in [3.8, 4) is 0 Å². The van der Waals surface area contributed by atoms with Crippen LogP contribution in [0.25, 0.3) is 0 Å². The molecule has 0 radical (unpaired) electrons. The summed E-state index contributed by atoms with van der Waals surface area (Å²) in [5.41, 5.74) is 0. The number of nitrogens with zero attached hydrogens (tertiary/aromatic N) is 3. The zero-order valence-corrected chi connectivity index (χ0v) is 11.0. The maximum Gasteiger partial charge on any atom is 0.327 e. The predicted molar refractivity (Wildman–Crippen MR) is 64.5 cm³/mol. The Morgan fingerprint density at radius 2 is 2.16 bits per heavy atom. The Bertz CT molecular complexity index is 398. The Morgan fingerprint density at radius 1 is 1.42 bits per heavy atom. The van der Waals surface area contributed by atoms with Crippen molar-refractivity contribution >= 4 is 12.0 Å². The fraction of sp³-hybridized carbons (Fsp3) is 0.833. The van der Waals surface area contributed by atoms with Crippen LogP contribution in [0.2, 0.25) is 0 Å². The molecule has 0 aromatic rings. The first kappa shape index (κ1) is 12.7. The second kappa shape index (κ2) is 4.64. The predicted octanol–water partition coefficient (Wildman–Crippen LogP) is -0.251. The average Bonchev–Trinajstić information content (AvgIpc) is 3.15. The summed E-state index contributed by atoms with van der Waals surface area (Å²) in [6.45, 7) is 1.99. The van der Waals surface area contributed by atoms with Crippen molar-refractivity contribution in [1.29, 1.82) is 0 Å². The molecule has 3 fully saturated rings. The summed E-state index contributed by atoms with van der Waals surface area (Å²) >= 11 is 0. The van der Waals surface area contributed by atoms with Crippen molar-refractivity contribution in [3.63, 3.8) is 0 Å². The molecule has 2 saturated heterocycles. The number of hydrogen-bond donors (Lipinski definition) is 1. The lowest BCUT2D eigenvalue weighted by Gasteiger charge is -2.38. The molecule has 0 unspecified atom stereocenters. The van der Waals surface area contributed by atoms with Crippen molar-refractivity contribution in [1.82, 2.24) is 14.9 Å². The number of ether oxygens (including phenoxy) is 1. The lowest BCUT2D eigenvalue weighted by molar-refractivity contribution is -0.189. The zero-order valence-electron chi connectivity index (χ0n) is 11.0. The first-order chi connectivity index (χ1) is 9.11. The minimum absolute atomic E-state index is 0.0149. The highest BCUT2D eigenvalue weighted by Crippen LogP contribution is 2.33.